The first kappa shape index (κ1) is 12.3. The standard InChI is InChI=1S/C13H17NO2/c1-3-9-16-13(15)14-10-12-7-5-11(4-2)6-8-12/h4-8H,2-3,9-10H2,1H3,(H,14,15). The maximum atomic E-state index is 11.1. The number of hydrogen-bond acceptors (Lipinski definition) is 2. The minimum atomic E-state index is -0.366. The molecule has 0 radical (unpaired) electrons. The molecule has 0 bridgehead atoms. The van der Waals surface area contributed by atoms with Gasteiger partial charge in [0.05, 0.1) is 6.61 Å². The van der Waals surface area contributed by atoms with Crippen LogP contribution >= 0.6 is 0 Å². The van der Waals surface area contributed by atoms with Gasteiger partial charge < -0.3 is 10.1 Å². The van der Waals surface area contributed by atoms with Gasteiger partial charge in [-0.15, -0.1) is 0 Å². The van der Waals surface area contributed by atoms with Gasteiger partial charge >= 0.3 is 6.09 Å². The number of ether oxygens (including phenoxy) is 1. The average molecular weight is 219 g/mol. The molecule has 1 rings (SSSR count). The topological polar surface area (TPSA) is 38.3 Å². The van der Waals surface area contributed by atoms with Gasteiger partial charge in [0, 0.05) is 6.54 Å². The van der Waals surface area contributed by atoms with Crippen molar-refractivity contribution in [2.24, 2.45) is 0 Å². The molecule has 0 aliphatic heterocycles. The van der Waals surface area contributed by atoms with Crippen molar-refractivity contribution in [3.8, 4) is 0 Å². The van der Waals surface area contributed by atoms with Gasteiger partial charge in [0.2, 0.25) is 0 Å². The Morgan fingerprint density at radius 1 is 1.44 bits per heavy atom. The minimum absolute atomic E-state index is 0.366. The van der Waals surface area contributed by atoms with Crippen molar-refractivity contribution in [1.82, 2.24) is 5.32 Å². The largest absolute Gasteiger partial charge is 0.450 e. The molecule has 1 aromatic rings. The highest BCUT2D eigenvalue weighted by molar-refractivity contribution is 5.67. The van der Waals surface area contributed by atoms with E-state index in [2.05, 4.69) is 11.9 Å². The second kappa shape index (κ2) is 6.67. The molecule has 0 heterocycles. The summed E-state index contributed by atoms with van der Waals surface area (Å²) in [5.74, 6) is 0. The summed E-state index contributed by atoms with van der Waals surface area (Å²) < 4.78 is 4.89. The van der Waals surface area contributed by atoms with E-state index in [1.54, 1.807) is 6.08 Å². The Labute approximate surface area is 96.1 Å². The van der Waals surface area contributed by atoms with Crippen LogP contribution in [0.5, 0.6) is 0 Å². The molecule has 3 heteroatoms. The van der Waals surface area contributed by atoms with Crippen molar-refractivity contribution in [1.29, 1.82) is 0 Å². The van der Waals surface area contributed by atoms with E-state index < -0.39 is 0 Å². The zero-order valence-corrected chi connectivity index (χ0v) is 9.53. The van der Waals surface area contributed by atoms with Crippen LogP contribution in [0.2, 0.25) is 0 Å². The first-order valence-corrected chi connectivity index (χ1v) is 5.38. The number of carbonyl (C=O) groups excluding carboxylic acids is 1. The van der Waals surface area contributed by atoms with Gasteiger partial charge in [-0.05, 0) is 17.5 Å². The summed E-state index contributed by atoms with van der Waals surface area (Å²) in [5.41, 5.74) is 2.11. The first-order chi connectivity index (χ1) is 7.76. The molecular formula is C13H17NO2. The summed E-state index contributed by atoms with van der Waals surface area (Å²) in [4.78, 5) is 11.1. The van der Waals surface area contributed by atoms with Crippen molar-refractivity contribution in [3.63, 3.8) is 0 Å². The molecule has 0 fully saturated rings. The highest BCUT2D eigenvalue weighted by Crippen LogP contribution is 2.05. The first-order valence-electron chi connectivity index (χ1n) is 5.38. The Morgan fingerprint density at radius 2 is 2.12 bits per heavy atom. The van der Waals surface area contributed by atoms with Crippen LogP contribution in [-0.4, -0.2) is 12.7 Å². The zero-order chi connectivity index (χ0) is 11.8. The lowest BCUT2D eigenvalue weighted by Gasteiger charge is -2.06. The molecule has 0 atom stereocenters. The molecule has 0 aromatic heterocycles. The van der Waals surface area contributed by atoms with Gasteiger partial charge in [-0.2, -0.15) is 0 Å². The normalized spacial score (nSPS) is 9.56. The summed E-state index contributed by atoms with van der Waals surface area (Å²) in [5, 5.41) is 2.68. The maximum Gasteiger partial charge on any atom is 0.407 e. The number of carbonyl (C=O) groups is 1. The Morgan fingerprint density at radius 3 is 2.69 bits per heavy atom. The van der Waals surface area contributed by atoms with E-state index in [1.165, 1.54) is 0 Å². The number of alkyl carbamates (subject to hydrolysis) is 1. The van der Waals surface area contributed by atoms with Gasteiger partial charge in [-0.1, -0.05) is 43.8 Å². The monoisotopic (exact) mass is 219 g/mol. The molecule has 1 amide bonds. The SMILES string of the molecule is C=Cc1ccc(CNC(=O)OCCC)cc1. The van der Waals surface area contributed by atoms with E-state index in [9.17, 15) is 4.79 Å². The van der Waals surface area contributed by atoms with E-state index in [4.69, 9.17) is 4.74 Å². The third-order valence-electron chi connectivity index (χ3n) is 2.09. The smallest absolute Gasteiger partial charge is 0.407 e. The van der Waals surface area contributed by atoms with Gasteiger partial charge in [0.25, 0.3) is 0 Å². The lowest BCUT2D eigenvalue weighted by atomic mass is 10.1. The van der Waals surface area contributed by atoms with E-state index in [0.717, 1.165) is 17.5 Å². The van der Waals surface area contributed by atoms with Crippen LogP contribution in [0.4, 0.5) is 4.79 Å². The number of rotatable bonds is 5. The molecule has 0 unspecified atom stereocenters. The summed E-state index contributed by atoms with van der Waals surface area (Å²) in [6, 6.07) is 7.83. The lowest BCUT2D eigenvalue weighted by Crippen LogP contribution is -2.23. The molecule has 0 spiro atoms. The Hall–Kier alpha value is -1.77. The van der Waals surface area contributed by atoms with Crippen molar-refractivity contribution in [3.05, 3.63) is 42.0 Å². The fourth-order valence-corrected chi connectivity index (χ4v) is 1.19. The number of amides is 1. The molecule has 0 aliphatic rings. The lowest BCUT2D eigenvalue weighted by molar-refractivity contribution is 0.146. The molecule has 1 N–H and O–H groups in total. The molecule has 86 valence electrons. The number of nitrogens with one attached hydrogen (secondary N) is 1. The second-order valence-electron chi connectivity index (χ2n) is 3.44. The van der Waals surface area contributed by atoms with Gasteiger partial charge in [0.1, 0.15) is 0 Å². The molecule has 1 aromatic carbocycles. The van der Waals surface area contributed by atoms with Crippen LogP contribution in [0.1, 0.15) is 24.5 Å². The Kier molecular flexibility index (Phi) is 5.12. The van der Waals surface area contributed by atoms with Crippen molar-refractivity contribution >= 4 is 12.2 Å². The van der Waals surface area contributed by atoms with Gasteiger partial charge in [-0.3, -0.25) is 0 Å². The Bertz CT molecular complexity index is 343. The average Bonchev–Trinajstić information content (AvgIpc) is 2.34. The quantitative estimate of drug-likeness (QED) is 0.826. The van der Waals surface area contributed by atoms with Crippen LogP contribution < -0.4 is 5.32 Å². The van der Waals surface area contributed by atoms with Crippen LogP contribution in [0, 0.1) is 0 Å². The number of hydrogen-bond donors (Lipinski definition) is 1. The predicted molar refractivity (Wildman–Crippen MR) is 65.0 cm³/mol. The minimum Gasteiger partial charge on any atom is -0.450 e. The third kappa shape index (κ3) is 4.17. The highest BCUT2D eigenvalue weighted by Gasteiger charge is 2.00. The maximum absolute atomic E-state index is 11.1. The van der Waals surface area contributed by atoms with Crippen molar-refractivity contribution in [2.75, 3.05) is 6.61 Å². The molecule has 0 saturated heterocycles. The highest BCUT2D eigenvalue weighted by atomic mass is 16.5. The van der Waals surface area contributed by atoms with Crippen molar-refractivity contribution in [2.45, 2.75) is 19.9 Å². The van der Waals surface area contributed by atoms with Gasteiger partial charge in [0.15, 0.2) is 0 Å². The van der Waals surface area contributed by atoms with E-state index >= 15 is 0 Å². The summed E-state index contributed by atoms with van der Waals surface area (Å²) >= 11 is 0. The van der Waals surface area contributed by atoms with Crippen LogP contribution in [0.25, 0.3) is 6.08 Å². The molecule has 0 aliphatic carbocycles. The van der Waals surface area contributed by atoms with E-state index in [1.807, 2.05) is 31.2 Å². The third-order valence-corrected chi connectivity index (χ3v) is 2.09. The molecule has 3 nitrogen and oxygen atoms in total. The molecule has 16 heavy (non-hydrogen) atoms. The fraction of sp³-hybridized carbons (Fsp3) is 0.308. The molecular weight excluding hydrogens is 202 g/mol. The van der Waals surface area contributed by atoms with Crippen LogP contribution in [0.15, 0.2) is 30.8 Å². The van der Waals surface area contributed by atoms with Crippen LogP contribution in [0.3, 0.4) is 0 Å². The van der Waals surface area contributed by atoms with Gasteiger partial charge in [-0.25, -0.2) is 4.79 Å². The summed E-state index contributed by atoms with van der Waals surface area (Å²) in [6.45, 7) is 6.58. The zero-order valence-electron chi connectivity index (χ0n) is 9.53. The van der Waals surface area contributed by atoms with Crippen molar-refractivity contribution < 1.29 is 9.53 Å². The summed E-state index contributed by atoms with van der Waals surface area (Å²) in [7, 11) is 0. The van der Waals surface area contributed by atoms with E-state index in [0.29, 0.717) is 13.2 Å². The Balaban J connectivity index is 2.36. The summed E-state index contributed by atoms with van der Waals surface area (Å²) in [6.07, 6.45) is 2.25. The molecule has 0 saturated carbocycles. The second-order valence-corrected chi connectivity index (χ2v) is 3.44. The predicted octanol–water partition coefficient (Wildman–Crippen LogP) is 2.97. The van der Waals surface area contributed by atoms with Crippen LogP contribution in [-0.2, 0) is 11.3 Å². The fourth-order valence-electron chi connectivity index (χ4n) is 1.19. The number of benzene rings is 1. The van der Waals surface area contributed by atoms with E-state index in [-0.39, 0.29) is 6.09 Å².